The molecular formula is C16H18BN3O7S. The number of aromatic carboxylic acids is 1. The van der Waals surface area contributed by atoms with E-state index in [1.54, 1.807) is 5.38 Å². The molecule has 1 heterocycles. The Kier molecular flexibility index (Phi) is 7.09. The van der Waals surface area contributed by atoms with Gasteiger partial charge in [-0.25, -0.2) is 9.78 Å². The Labute approximate surface area is 164 Å². The Morgan fingerprint density at radius 2 is 2.00 bits per heavy atom. The fraction of sp³-hybridized carbons (Fsp3) is 0.250. The molecule has 12 heteroatoms. The van der Waals surface area contributed by atoms with Gasteiger partial charge in [-0.3, -0.25) is 9.59 Å². The number of nitrogens with one attached hydrogen (secondary N) is 2. The fourth-order valence-corrected chi connectivity index (χ4v) is 3.17. The van der Waals surface area contributed by atoms with Crippen molar-refractivity contribution in [3.63, 3.8) is 0 Å². The lowest BCUT2D eigenvalue weighted by Crippen LogP contribution is -2.48. The van der Waals surface area contributed by atoms with Crippen molar-refractivity contribution in [2.24, 2.45) is 0 Å². The van der Waals surface area contributed by atoms with Gasteiger partial charge in [0.15, 0.2) is 5.13 Å². The molecule has 0 spiro atoms. The molecule has 148 valence electrons. The van der Waals surface area contributed by atoms with Crippen LogP contribution in [0.4, 0.5) is 5.13 Å². The maximum atomic E-state index is 12.2. The zero-order chi connectivity index (χ0) is 20.8. The minimum atomic E-state index is -1.94. The average molecular weight is 407 g/mol. The second kappa shape index (κ2) is 9.31. The van der Waals surface area contributed by atoms with Gasteiger partial charge in [-0.05, 0) is 18.1 Å². The predicted molar refractivity (Wildman–Crippen MR) is 101 cm³/mol. The second-order valence-electron chi connectivity index (χ2n) is 5.91. The van der Waals surface area contributed by atoms with E-state index in [9.17, 15) is 29.5 Å². The molecule has 10 nitrogen and oxygen atoms in total. The van der Waals surface area contributed by atoms with E-state index in [0.717, 1.165) is 11.3 Å². The first-order chi connectivity index (χ1) is 13.2. The summed E-state index contributed by atoms with van der Waals surface area (Å²) in [6.07, 6.45) is -0.370. The van der Waals surface area contributed by atoms with Crippen LogP contribution < -0.4 is 10.6 Å². The van der Waals surface area contributed by atoms with Crippen molar-refractivity contribution in [3.05, 3.63) is 40.4 Å². The number of hydrogen-bond donors (Lipinski definition) is 6. The van der Waals surface area contributed by atoms with Crippen LogP contribution in [0.15, 0.2) is 23.6 Å². The van der Waals surface area contributed by atoms with Crippen LogP contribution in [-0.4, -0.2) is 56.1 Å². The van der Waals surface area contributed by atoms with E-state index in [-0.39, 0.29) is 29.9 Å². The van der Waals surface area contributed by atoms with Crippen LogP contribution in [0.1, 0.15) is 28.5 Å². The molecule has 28 heavy (non-hydrogen) atoms. The topological polar surface area (TPSA) is 169 Å². The van der Waals surface area contributed by atoms with Crippen molar-refractivity contribution in [3.8, 4) is 5.75 Å². The number of aromatic hydroxyl groups is 1. The number of nitrogens with zero attached hydrogens (tertiary/aromatic N) is 1. The van der Waals surface area contributed by atoms with Gasteiger partial charge >= 0.3 is 13.1 Å². The molecule has 0 bridgehead atoms. The van der Waals surface area contributed by atoms with Crippen molar-refractivity contribution in [1.29, 1.82) is 0 Å². The van der Waals surface area contributed by atoms with Gasteiger partial charge in [0, 0.05) is 12.3 Å². The third kappa shape index (κ3) is 5.77. The Bertz CT molecular complexity index is 887. The van der Waals surface area contributed by atoms with Crippen LogP contribution >= 0.6 is 11.3 Å². The van der Waals surface area contributed by atoms with Gasteiger partial charge in [-0.1, -0.05) is 12.1 Å². The number of hydrogen-bond acceptors (Lipinski definition) is 8. The van der Waals surface area contributed by atoms with Crippen molar-refractivity contribution in [2.75, 3.05) is 5.32 Å². The van der Waals surface area contributed by atoms with Crippen molar-refractivity contribution in [2.45, 2.75) is 25.7 Å². The highest BCUT2D eigenvalue weighted by atomic mass is 32.1. The molecule has 2 aromatic rings. The molecular weight excluding hydrogens is 389 g/mol. The normalized spacial score (nSPS) is 11.5. The van der Waals surface area contributed by atoms with E-state index in [2.05, 4.69) is 15.6 Å². The summed E-state index contributed by atoms with van der Waals surface area (Å²) in [5, 5.41) is 45.0. The number of thiazole rings is 1. The molecule has 0 aliphatic carbocycles. The van der Waals surface area contributed by atoms with Gasteiger partial charge in [0.1, 0.15) is 11.3 Å². The third-order valence-corrected chi connectivity index (χ3v) is 4.48. The first kappa shape index (κ1) is 21.3. The van der Waals surface area contributed by atoms with Crippen LogP contribution in [-0.2, 0) is 22.4 Å². The Hall–Kier alpha value is -2.96. The summed E-state index contributed by atoms with van der Waals surface area (Å²) < 4.78 is 0. The van der Waals surface area contributed by atoms with E-state index >= 15 is 0 Å². The zero-order valence-electron chi connectivity index (χ0n) is 14.7. The molecule has 0 saturated heterocycles. The molecule has 0 unspecified atom stereocenters. The number of para-hydroxylation sites is 1. The van der Waals surface area contributed by atoms with Crippen LogP contribution in [0.3, 0.4) is 0 Å². The lowest BCUT2D eigenvalue weighted by molar-refractivity contribution is -0.121. The van der Waals surface area contributed by atoms with Crippen molar-refractivity contribution >= 4 is 41.4 Å². The van der Waals surface area contributed by atoms with E-state index in [1.165, 1.54) is 25.1 Å². The molecule has 1 aromatic carbocycles. The number of carbonyl (C=O) groups is 3. The maximum absolute atomic E-state index is 12.2. The highest BCUT2D eigenvalue weighted by Gasteiger charge is 2.27. The number of rotatable bonds is 8. The number of carboxylic acid groups (broad SMARTS) is 1. The first-order valence-corrected chi connectivity index (χ1v) is 8.97. The highest BCUT2D eigenvalue weighted by molar-refractivity contribution is 7.13. The van der Waals surface area contributed by atoms with Gasteiger partial charge in [0.2, 0.25) is 11.8 Å². The number of amides is 2. The fourth-order valence-electron chi connectivity index (χ4n) is 2.42. The minimum absolute atomic E-state index is 0.139. The molecule has 0 saturated carbocycles. The number of benzene rings is 1. The molecule has 0 aliphatic heterocycles. The van der Waals surface area contributed by atoms with Crippen LogP contribution in [0.5, 0.6) is 5.75 Å². The Morgan fingerprint density at radius 1 is 1.29 bits per heavy atom. The highest BCUT2D eigenvalue weighted by Crippen LogP contribution is 2.24. The zero-order valence-corrected chi connectivity index (χ0v) is 15.6. The summed E-state index contributed by atoms with van der Waals surface area (Å²) in [7, 11) is -1.94. The number of carboxylic acids is 1. The number of phenols is 1. The van der Waals surface area contributed by atoms with Gasteiger partial charge in [-0.15, -0.1) is 11.3 Å². The smallest absolute Gasteiger partial charge is 0.475 e. The molecule has 2 rings (SSSR count). The summed E-state index contributed by atoms with van der Waals surface area (Å²) in [5.74, 6) is -3.88. The van der Waals surface area contributed by atoms with E-state index in [4.69, 9.17) is 5.11 Å². The minimum Gasteiger partial charge on any atom is -0.507 e. The maximum Gasteiger partial charge on any atom is 0.475 e. The SMILES string of the molecule is CC(=O)Nc1nc(CC(=O)N[C@@H](Cc2cccc(C(=O)O)c2O)B(O)O)cs1. The summed E-state index contributed by atoms with van der Waals surface area (Å²) in [5.41, 5.74) is 0.191. The molecule has 2 amide bonds. The van der Waals surface area contributed by atoms with Gasteiger partial charge < -0.3 is 30.9 Å². The Balaban J connectivity index is 2.06. The molecule has 0 radical (unpaired) electrons. The summed E-state index contributed by atoms with van der Waals surface area (Å²) in [6, 6.07) is 4.03. The predicted octanol–water partition coefficient (Wildman–Crippen LogP) is -0.213. The van der Waals surface area contributed by atoms with E-state index in [0.29, 0.717) is 10.8 Å². The van der Waals surface area contributed by atoms with Crippen molar-refractivity contribution < 1.29 is 34.6 Å². The average Bonchev–Trinajstić information content (AvgIpc) is 3.01. The summed E-state index contributed by atoms with van der Waals surface area (Å²) in [6.45, 7) is 1.33. The second-order valence-corrected chi connectivity index (χ2v) is 6.77. The van der Waals surface area contributed by atoms with Crippen LogP contribution in [0, 0.1) is 0 Å². The molecule has 1 atom stereocenters. The monoisotopic (exact) mass is 407 g/mol. The van der Waals surface area contributed by atoms with E-state index < -0.39 is 30.7 Å². The molecule has 0 fully saturated rings. The number of carbonyl (C=O) groups excluding carboxylic acids is 2. The van der Waals surface area contributed by atoms with Crippen LogP contribution in [0.25, 0.3) is 0 Å². The third-order valence-electron chi connectivity index (χ3n) is 3.67. The lowest BCUT2D eigenvalue weighted by Gasteiger charge is -2.18. The first-order valence-electron chi connectivity index (χ1n) is 8.09. The Morgan fingerprint density at radius 3 is 2.61 bits per heavy atom. The lowest BCUT2D eigenvalue weighted by atomic mass is 9.75. The quantitative estimate of drug-likeness (QED) is 0.327. The largest absolute Gasteiger partial charge is 0.507 e. The standard InChI is InChI=1S/C16H18BN3O7S/c1-8(21)18-16-19-10(7-28-16)6-13(22)20-12(17(26)27)5-9-3-2-4-11(14(9)23)15(24)25/h2-4,7,12,23,26-27H,5-6H2,1H3,(H,20,22)(H,24,25)(H,18,19,21)/t12-/m0/s1. The van der Waals surface area contributed by atoms with Crippen molar-refractivity contribution in [1.82, 2.24) is 10.3 Å². The van der Waals surface area contributed by atoms with E-state index in [1.807, 2.05) is 0 Å². The molecule has 1 aromatic heterocycles. The number of aromatic nitrogens is 1. The van der Waals surface area contributed by atoms with Gasteiger partial charge in [-0.2, -0.15) is 0 Å². The van der Waals surface area contributed by atoms with Crippen LogP contribution in [0.2, 0.25) is 0 Å². The molecule has 6 N–H and O–H groups in total. The molecule has 0 aliphatic rings. The van der Waals surface area contributed by atoms with Gasteiger partial charge in [0.25, 0.3) is 0 Å². The number of anilines is 1. The van der Waals surface area contributed by atoms with Gasteiger partial charge in [0.05, 0.1) is 18.1 Å². The summed E-state index contributed by atoms with van der Waals surface area (Å²) >= 11 is 1.14. The summed E-state index contributed by atoms with van der Waals surface area (Å²) in [4.78, 5) is 38.3.